The Morgan fingerprint density at radius 2 is 1.70 bits per heavy atom. The predicted octanol–water partition coefficient (Wildman–Crippen LogP) is 3.61. The van der Waals surface area contributed by atoms with Gasteiger partial charge in [-0.2, -0.15) is 0 Å². The molecule has 0 aliphatic heterocycles. The van der Waals surface area contributed by atoms with Crippen LogP contribution in [-0.4, -0.2) is 26.0 Å². The molecule has 0 atom stereocenters. The smallest absolute Gasteiger partial charge is 0.293 e. The minimum Gasteiger partial charge on any atom is -0.494 e. The predicted molar refractivity (Wildman–Crippen MR) is 117 cm³/mol. The van der Waals surface area contributed by atoms with Crippen LogP contribution in [0.3, 0.4) is 0 Å². The summed E-state index contributed by atoms with van der Waals surface area (Å²) in [7, 11) is -3.77. The third kappa shape index (κ3) is 5.58. The molecule has 3 aromatic rings. The summed E-state index contributed by atoms with van der Waals surface area (Å²) < 4.78 is 38.0. The molecule has 1 heterocycles. The van der Waals surface area contributed by atoms with Gasteiger partial charge in [-0.3, -0.25) is 14.8 Å². The molecule has 0 unspecified atom stereocenters. The second-order valence-corrected chi connectivity index (χ2v) is 8.06. The molecule has 2 aromatic carbocycles. The lowest BCUT2D eigenvalue weighted by molar-refractivity contribution is 0.0950. The summed E-state index contributed by atoms with van der Waals surface area (Å²) in [6.07, 6.45) is 1.38. The van der Waals surface area contributed by atoms with Crippen LogP contribution in [0.4, 0.5) is 11.4 Å². The first-order valence-electron chi connectivity index (χ1n) is 8.89. The molecule has 0 saturated heterocycles. The zero-order chi connectivity index (χ0) is 21.6. The Morgan fingerprint density at radius 3 is 2.30 bits per heavy atom. The van der Waals surface area contributed by atoms with Gasteiger partial charge in [0.25, 0.3) is 15.9 Å². The number of hydrogen-bond acceptors (Lipinski definition) is 6. The Morgan fingerprint density at radius 1 is 1.03 bits per heavy atom. The van der Waals surface area contributed by atoms with Crippen LogP contribution in [0.1, 0.15) is 17.5 Å². The highest BCUT2D eigenvalue weighted by molar-refractivity contribution is 7.92. The second kappa shape index (κ2) is 9.42. The maximum absolute atomic E-state index is 12.6. The van der Waals surface area contributed by atoms with Crippen LogP contribution >= 0.6 is 12.2 Å². The molecule has 0 spiro atoms. The molecule has 0 bridgehead atoms. The number of ether oxygens (including phenoxy) is 1. The number of sulfonamides is 1. The fourth-order valence-corrected chi connectivity index (χ4v) is 3.72. The van der Waals surface area contributed by atoms with Crippen molar-refractivity contribution in [3.05, 3.63) is 72.7 Å². The van der Waals surface area contributed by atoms with E-state index in [-0.39, 0.29) is 15.8 Å². The number of hydrogen-bond donors (Lipinski definition) is 3. The summed E-state index contributed by atoms with van der Waals surface area (Å²) in [5, 5.41) is 5.33. The number of furan rings is 1. The van der Waals surface area contributed by atoms with Crippen molar-refractivity contribution < 1.29 is 22.4 Å². The van der Waals surface area contributed by atoms with E-state index >= 15 is 0 Å². The maximum Gasteiger partial charge on any atom is 0.293 e. The summed E-state index contributed by atoms with van der Waals surface area (Å²) >= 11 is 5.08. The minimum absolute atomic E-state index is 0.0551. The number of anilines is 2. The summed E-state index contributed by atoms with van der Waals surface area (Å²) in [5.41, 5.74) is 0.933. The van der Waals surface area contributed by atoms with Crippen LogP contribution < -0.4 is 20.1 Å². The third-order valence-corrected chi connectivity index (χ3v) is 5.41. The van der Waals surface area contributed by atoms with Crippen molar-refractivity contribution in [2.24, 2.45) is 0 Å². The molecule has 1 aromatic heterocycles. The Kier molecular flexibility index (Phi) is 6.70. The van der Waals surface area contributed by atoms with Gasteiger partial charge in [0.1, 0.15) is 5.75 Å². The van der Waals surface area contributed by atoms with Crippen molar-refractivity contribution in [2.75, 3.05) is 16.6 Å². The molecular weight excluding hydrogens is 426 g/mol. The van der Waals surface area contributed by atoms with Crippen LogP contribution in [0, 0.1) is 0 Å². The fourth-order valence-electron chi connectivity index (χ4n) is 2.45. The Bertz CT molecular complexity index is 1110. The Labute approximate surface area is 179 Å². The molecule has 0 aliphatic rings. The van der Waals surface area contributed by atoms with Crippen LogP contribution in [0.15, 0.2) is 76.2 Å². The van der Waals surface area contributed by atoms with Gasteiger partial charge in [-0.1, -0.05) is 0 Å². The zero-order valence-electron chi connectivity index (χ0n) is 15.9. The summed E-state index contributed by atoms with van der Waals surface area (Å²) in [4.78, 5) is 12.0. The maximum atomic E-state index is 12.6. The van der Waals surface area contributed by atoms with Crippen molar-refractivity contribution >= 4 is 44.6 Å². The summed E-state index contributed by atoms with van der Waals surface area (Å²) in [6, 6.07) is 15.7. The molecule has 0 saturated carbocycles. The quantitative estimate of drug-likeness (QED) is 0.477. The molecule has 30 heavy (non-hydrogen) atoms. The van der Waals surface area contributed by atoms with Crippen LogP contribution in [0.5, 0.6) is 5.75 Å². The van der Waals surface area contributed by atoms with Gasteiger partial charge in [0.05, 0.1) is 17.8 Å². The third-order valence-electron chi connectivity index (χ3n) is 3.81. The van der Waals surface area contributed by atoms with Crippen molar-refractivity contribution in [3.63, 3.8) is 0 Å². The monoisotopic (exact) mass is 445 g/mol. The number of carbonyl (C=O) groups is 1. The lowest BCUT2D eigenvalue weighted by Gasteiger charge is -2.11. The number of thiocarbonyl (C=S) groups is 1. The van der Waals surface area contributed by atoms with Gasteiger partial charge in [0.15, 0.2) is 10.9 Å². The van der Waals surface area contributed by atoms with E-state index in [2.05, 4.69) is 15.4 Å². The van der Waals surface area contributed by atoms with E-state index in [0.717, 1.165) is 0 Å². The number of carbonyl (C=O) groups excluding carboxylic acids is 1. The topological polar surface area (TPSA) is 110 Å². The highest BCUT2D eigenvalue weighted by Gasteiger charge is 2.15. The molecule has 0 radical (unpaired) electrons. The van der Waals surface area contributed by atoms with Gasteiger partial charge in [-0.05, 0) is 79.8 Å². The Balaban J connectivity index is 1.61. The Hall–Kier alpha value is -3.37. The highest BCUT2D eigenvalue weighted by Crippen LogP contribution is 2.20. The van der Waals surface area contributed by atoms with E-state index in [1.54, 1.807) is 30.3 Å². The van der Waals surface area contributed by atoms with Crippen LogP contribution in [-0.2, 0) is 10.0 Å². The first-order chi connectivity index (χ1) is 14.4. The molecule has 8 nitrogen and oxygen atoms in total. The SMILES string of the molecule is CCOc1ccc(NS(=O)(=O)c2ccc(NC(=S)NC(=O)c3ccco3)cc2)cc1. The van der Waals surface area contributed by atoms with Crippen LogP contribution in [0.2, 0.25) is 0 Å². The molecule has 10 heteroatoms. The first-order valence-corrected chi connectivity index (χ1v) is 10.8. The van der Waals surface area contributed by atoms with E-state index in [1.165, 1.54) is 36.6 Å². The molecule has 3 rings (SSSR count). The zero-order valence-corrected chi connectivity index (χ0v) is 17.5. The highest BCUT2D eigenvalue weighted by atomic mass is 32.2. The largest absolute Gasteiger partial charge is 0.494 e. The van der Waals surface area contributed by atoms with Gasteiger partial charge in [0, 0.05) is 11.4 Å². The average molecular weight is 446 g/mol. The number of rotatable bonds is 7. The van der Waals surface area contributed by atoms with E-state index < -0.39 is 15.9 Å². The van der Waals surface area contributed by atoms with Crippen molar-refractivity contribution in [1.82, 2.24) is 5.32 Å². The first kappa shape index (κ1) is 21.3. The molecule has 0 aliphatic carbocycles. The molecular formula is C20H19N3O5S2. The normalized spacial score (nSPS) is 10.8. The van der Waals surface area contributed by atoms with Crippen LogP contribution in [0.25, 0.3) is 0 Å². The lowest BCUT2D eigenvalue weighted by atomic mass is 10.3. The number of benzene rings is 2. The standard InChI is InChI=1S/C20H19N3O5S2/c1-2-27-16-9-5-15(6-10-16)23-30(25,26)17-11-7-14(8-12-17)21-20(29)22-19(24)18-4-3-13-28-18/h3-13,23H,2H2,1H3,(H2,21,22,24,29). The van der Waals surface area contributed by atoms with Crippen molar-refractivity contribution in [3.8, 4) is 5.75 Å². The van der Waals surface area contributed by atoms with Crippen molar-refractivity contribution in [1.29, 1.82) is 0 Å². The van der Waals surface area contributed by atoms with Crippen molar-refractivity contribution in [2.45, 2.75) is 11.8 Å². The van der Waals surface area contributed by atoms with E-state index in [1.807, 2.05) is 6.92 Å². The second-order valence-electron chi connectivity index (χ2n) is 5.97. The molecule has 0 fully saturated rings. The molecule has 3 N–H and O–H groups in total. The van der Waals surface area contributed by atoms with Gasteiger partial charge < -0.3 is 14.5 Å². The van der Waals surface area contributed by atoms with Gasteiger partial charge in [-0.25, -0.2) is 8.42 Å². The number of amides is 1. The van der Waals surface area contributed by atoms with Gasteiger partial charge >= 0.3 is 0 Å². The minimum atomic E-state index is -3.77. The van der Waals surface area contributed by atoms with E-state index in [9.17, 15) is 13.2 Å². The van der Waals surface area contributed by atoms with Gasteiger partial charge in [-0.15, -0.1) is 0 Å². The molecule has 1 amide bonds. The lowest BCUT2D eigenvalue weighted by Crippen LogP contribution is -2.33. The summed E-state index contributed by atoms with van der Waals surface area (Å²) in [6.45, 7) is 2.40. The summed E-state index contributed by atoms with van der Waals surface area (Å²) in [5.74, 6) is 0.295. The fraction of sp³-hybridized carbons (Fsp3) is 0.100. The van der Waals surface area contributed by atoms with E-state index in [4.69, 9.17) is 21.4 Å². The van der Waals surface area contributed by atoms with Gasteiger partial charge in [0.2, 0.25) is 0 Å². The van der Waals surface area contributed by atoms with E-state index in [0.29, 0.717) is 23.7 Å². The molecule has 156 valence electrons. The number of nitrogens with one attached hydrogen (secondary N) is 3. The average Bonchev–Trinajstić information content (AvgIpc) is 3.25.